The van der Waals surface area contributed by atoms with E-state index in [9.17, 15) is 4.39 Å². The molecule has 4 N–H and O–H groups in total. The van der Waals surface area contributed by atoms with E-state index in [4.69, 9.17) is 16.2 Å². The minimum Gasteiger partial charge on any atom is -0.399 e. The van der Waals surface area contributed by atoms with Gasteiger partial charge in [0.05, 0.1) is 11.6 Å². The Morgan fingerprint density at radius 3 is 2.65 bits per heavy atom. The maximum absolute atomic E-state index is 14.4. The van der Waals surface area contributed by atoms with E-state index in [0.29, 0.717) is 23.5 Å². The van der Waals surface area contributed by atoms with Crippen molar-refractivity contribution in [2.45, 2.75) is 25.0 Å². The number of halogens is 1. The van der Waals surface area contributed by atoms with Crippen molar-refractivity contribution in [3.8, 4) is 0 Å². The molecule has 3 rings (SSSR count). The lowest BCUT2D eigenvalue weighted by atomic mass is 9.84. The Hall–Kier alpha value is -2.40. The van der Waals surface area contributed by atoms with Crippen molar-refractivity contribution in [2.24, 2.45) is 10.7 Å². The molecular formula is C18H20FN3O. The van der Waals surface area contributed by atoms with Gasteiger partial charge in [-0.05, 0) is 30.7 Å². The largest absolute Gasteiger partial charge is 0.399 e. The molecule has 23 heavy (non-hydrogen) atoms. The monoisotopic (exact) mass is 313 g/mol. The SMILES string of the molecule is CC1(c2cc(N)ccc2F)CC(c2ccccc2)OCC(N)=N1. The summed E-state index contributed by atoms with van der Waals surface area (Å²) in [6, 6.07) is 14.4. The molecule has 2 aromatic rings. The van der Waals surface area contributed by atoms with E-state index in [1.807, 2.05) is 37.3 Å². The highest BCUT2D eigenvalue weighted by Gasteiger charge is 2.35. The molecule has 0 bridgehead atoms. The van der Waals surface area contributed by atoms with Crippen LogP contribution in [0.15, 0.2) is 53.5 Å². The van der Waals surface area contributed by atoms with Crippen LogP contribution in [0.3, 0.4) is 0 Å². The van der Waals surface area contributed by atoms with Crippen LogP contribution in [0.1, 0.15) is 30.6 Å². The fourth-order valence-electron chi connectivity index (χ4n) is 3.01. The average molecular weight is 313 g/mol. The Morgan fingerprint density at radius 1 is 1.17 bits per heavy atom. The second-order valence-corrected chi connectivity index (χ2v) is 6.03. The number of nitrogens with two attached hydrogens (primary N) is 2. The summed E-state index contributed by atoms with van der Waals surface area (Å²) in [5.41, 5.74) is 12.9. The summed E-state index contributed by atoms with van der Waals surface area (Å²) < 4.78 is 20.3. The molecule has 1 aliphatic heterocycles. The first-order valence-corrected chi connectivity index (χ1v) is 7.54. The third-order valence-corrected chi connectivity index (χ3v) is 4.15. The van der Waals surface area contributed by atoms with Gasteiger partial charge in [0.2, 0.25) is 0 Å². The third-order valence-electron chi connectivity index (χ3n) is 4.15. The molecule has 2 aromatic carbocycles. The summed E-state index contributed by atoms with van der Waals surface area (Å²) in [6.45, 7) is 2.08. The fraction of sp³-hybridized carbons (Fsp3) is 0.278. The van der Waals surface area contributed by atoms with E-state index in [0.717, 1.165) is 5.56 Å². The van der Waals surface area contributed by atoms with Crippen LogP contribution >= 0.6 is 0 Å². The lowest BCUT2D eigenvalue weighted by Gasteiger charge is -2.29. The van der Waals surface area contributed by atoms with Gasteiger partial charge in [0, 0.05) is 17.7 Å². The number of aliphatic imine (C=N–C) groups is 1. The summed E-state index contributed by atoms with van der Waals surface area (Å²) >= 11 is 0. The number of ether oxygens (including phenoxy) is 1. The lowest BCUT2D eigenvalue weighted by molar-refractivity contribution is 0.0647. The smallest absolute Gasteiger partial charge is 0.128 e. The Balaban J connectivity index is 2.04. The highest BCUT2D eigenvalue weighted by atomic mass is 19.1. The molecule has 0 amide bonds. The van der Waals surface area contributed by atoms with Gasteiger partial charge in [-0.25, -0.2) is 4.39 Å². The predicted octanol–water partition coefficient (Wildman–Crippen LogP) is 3.14. The van der Waals surface area contributed by atoms with Crippen LogP contribution in [0.2, 0.25) is 0 Å². The molecule has 0 aromatic heterocycles. The number of benzene rings is 2. The first-order valence-electron chi connectivity index (χ1n) is 7.54. The van der Waals surface area contributed by atoms with E-state index < -0.39 is 5.54 Å². The summed E-state index contributed by atoms with van der Waals surface area (Å²) in [6.07, 6.45) is 0.268. The molecule has 0 saturated heterocycles. The van der Waals surface area contributed by atoms with Gasteiger partial charge < -0.3 is 16.2 Å². The average Bonchev–Trinajstić information content (AvgIpc) is 2.69. The van der Waals surface area contributed by atoms with Crippen molar-refractivity contribution in [1.82, 2.24) is 0 Å². The second kappa shape index (κ2) is 6.01. The highest BCUT2D eigenvalue weighted by molar-refractivity contribution is 5.82. The minimum atomic E-state index is -0.833. The van der Waals surface area contributed by atoms with E-state index in [-0.39, 0.29) is 18.5 Å². The van der Waals surface area contributed by atoms with Crippen molar-refractivity contribution in [3.05, 3.63) is 65.5 Å². The Labute approximate surface area is 135 Å². The molecule has 1 aliphatic rings. The van der Waals surface area contributed by atoms with E-state index in [1.165, 1.54) is 12.1 Å². The second-order valence-electron chi connectivity index (χ2n) is 6.03. The normalized spacial score (nSPS) is 24.8. The molecule has 0 aliphatic carbocycles. The summed E-state index contributed by atoms with van der Waals surface area (Å²) in [4.78, 5) is 4.53. The fourth-order valence-corrected chi connectivity index (χ4v) is 3.01. The molecule has 0 saturated carbocycles. The molecule has 0 radical (unpaired) electrons. The molecule has 0 fully saturated rings. The first-order chi connectivity index (χ1) is 11.0. The quantitative estimate of drug-likeness (QED) is 0.837. The number of nitrogens with zero attached hydrogens (tertiary/aromatic N) is 1. The number of hydrogen-bond donors (Lipinski definition) is 2. The standard InChI is InChI=1S/C18H20FN3O/c1-18(14-9-13(20)7-8-15(14)19)10-16(23-11-17(21)22-18)12-5-3-2-4-6-12/h2-9,16H,10-11,20H2,1H3,(H2,21,22). The zero-order valence-electron chi connectivity index (χ0n) is 13.0. The van der Waals surface area contributed by atoms with Crippen molar-refractivity contribution in [1.29, 1.82) is 0 Å². The van der Waals surface area contributed by atoms with Gasteiger partial charge in [-0.1, -0.05) is 30.3 Å². The van der Waals surface area contributed by atoms with Crippen LogP contribution in [0.5, 0.6) is 0 Å². The summed E-state index contributed by atoms with van der Waals surface area (Å²) in [5.74, 6) is 0.0136. The molecule has 0 spiro atoms. The van der Waals surface area contributed by atoms with Crippen LogP contribution < -0.4 is 11.5 Å². The third kappa shape index (κ3) is 3.19. The van der Waals surface area contributed by atoms with Gasteiger partial charge in [-0.2, -0.15) is 0 Å². The molecule has 120 valence electrons. The summed E-state index contributed by atoms with van der Waals surface area (Å²) in [5, 5.41) is 0. The summed E-state index contributed by atoms with van der Waals surface area (Å²) in [7, 11) is 0. The van der Waals surface area contributed by atoms with E-state index in [2.05, 4.69) is 4.99 Å². The van der Waals surface area contributed by atoms with Crippen LogP contribution in [-0.4, -0.2) is 12.4 Å². The molecule has 4 nitrogen and oxygen atoms in total. The van der Waals surface area contributed by atoms with Gasteiger partial charge in [0.15, 0.2) is 0 Å². The zero-order chi connectivity index (χ0) is 16.4. The maximum Gasteiger partial charge on any atom is 0.128 e. The van der Waals surface area contributed by atoms with Crippen molar-refractivity contribution in [3.63, 3.8) is 0 Å². The first kappa shape index (κ1) is 15.5. The number of anilines is 1. The van der Waals surface area contributed by atoms with Crippen LogP contribution in [0.25, 0.3) is 0 Å². The van der Waals surface area contributed by atoms with Gasteiger partial charge in [-0.15, -0.1) is 0 Å². The van der Waals surface area contributed by atoms with Gasteiger partial charge >= 0.3 is 0 Å². The van der Waals surface area contributed by atoms with Crippen molar-refractivity contribution in [2.75, 3.05) is 12.3 Å². The zero-order valence-corrected chi connectivity index (χ0v) is 13.0. The minimum absolute atomic E-state index is 0.216. The molecule has 5 heteroatoms. The number of nitrogen functional groups attached to an aromatic ring is 1. The van der Waals surface area contributed by atoms with Crippen LogP contribution in [-0.2, 0) is 10.3 Å². The number of amidine groups is 1. The lowest BCUT2D eigenvalue weighted by Crippen LogP contribution is -2.26. The van der Waals surface area contributed by atoms with Gasteiger partial charge in [0.1, 0.15) is 18.3 Å². The van der Waals surface area contributed by atoms with Gasteiger partial charge in [-0.3, -0.25) is 4.99 Å². The molecule has 1 heterocycles. The number of hydrogen-bond acceptors (Lipinski definition) is 4. The molecule has 2 unspecified atom stereocenters. The Bertz CT molecular complexity index is 732. The Morgan fingerprint density at radius 2 is 1.91 bits per heavy atom. The predicted molar refractivity (Wildman–Crippen MR) is 89.5 cm³/mol. The van der Waals surface area contributed by atoms with E-state index >= 15 is 0 Å². The molecular weight excluding hydrogens is 293 g/mol. The number of rotatable bonds is 2. The van der Waals surface area contributed by atoms with E-state index in [1.54, 1.807) is 6.07 Å². The van der Waals surface area contributed by atoms with Crippen molar-refractivity contribution < 1.29 is 9.13 Å². The topological polar surface area (TPSA) is 73.6 Å². The molecule has 2 atom stereocenters. The highest BCUT2D eigenvalue weighted by Crippen LogP contribution is 2.40. The van der Waals surface area contributed by atoms with Crippen LogP contribution in [0.4, 0.5) is 10.1 Å². The maximum atomic E-state index is 14.4. The Kier molecular flexibility index (Phi) is 4.05. The van der Waals surface area contributed by atoms with Gasteiger partial charge in [0.25, 0.3) is 0 Å². The van der Waals surface area contributed by atoms with Crippen LogP contribution in [0, 0.1) is 5.82 Å². The van der Waals surface area contributed by atoms with Crippen molar-refractivity contribution >= 4 is 11.5 Å².